The normalized spacial score (nSPS) is 24.0. The lowest BCUT2D eigenvalue weighted by molar-refractivity contribution is -0.130. The van der Waals surface area contributed by atoms with E-state index in [-0.39, 0.29) is 24.0 Å². The summed E-state index contributed by atoms with van der Waals surface area (Å²) >= 11 is 0. The average molecular weight is 265 g/mol. The van der Waals surface area contributed by atoms with Crippen LogP contribution in [0.1, 0.15) is 37.8 Å². The molecule has 2 rings (SSSR count). The molecule has 1 aliphatic rings. The Morgan fingerprint density at radius 2 is 2.32 bits per heavy atom. The van der Waals surface area contributed by atoms with Crippen molar-refractivity contribution in [1.82, 2.24) is 10.2 Å². The van der Waals surface area contributed by atoms with E-state index in [9.17, 15) is 4.79 Å². The number of hydrogen-bond acceptors (Lipinski definition) is 4. The van der Waals surface area contributed by atoms with Crippen LogP contribution in [0.4, 0.5) is 0 Å². The minimum atomic E-state index is -0.179. The van der Waals surface area contributed by atoms with E-state index in [0.29, 0.717) is 6.54 Å². The maximum Gasteiger partial charge on any atom is 0.237 e. The van der Waals surface area contributed by atoms with Gasteiger partial charge in [-0.3, -0.25) is 9.69 Å². The van der Waals surface area contributed by atoms with E-state index in [4.69, 9.17) is 10.2 Å². The first-order valence-electron chi connectivity index (χ1n) is 6.90. The fourth-order valence-corrected chi connectivity index (χ4v) is 2.64. The molecule has 3 N–H and O–H groups in total. The third kappa shape index (κ3) is 2.82. The van der Waals surface area contributed by atoms with Gasteiger partial charge in [0.05, 0.1) is 12.1 Å². The highest BCUT2D eigenvalue weighted by Gasteiger charge is 2.36. The molecule has 0 spiro atoms. The van der Waals surface area contributed by atoms with Crippen LogP contribution in [0, 0.1) is 6.92 Å². The van der Waals surface area contributed by atoms with Crippen LogP contribution in [0.25, 0.3) is 0 Å². The third-order valence-corrected chi connectivity index (χ3v) is 3.83. The number of amides is 1. The quantitative estimate of drug-likeness (QED) is 0.857. The molecule has 1 aliphatic heterocycles. The van der Waals surface area contributed by atoms with Gasteiger partial charge in [0, 0.05) is 19.1 Å². The molecule has 1 amide bonds. The zero-order chi connectivity index (χ0) is 14.0. The fourth-order valence-electron chi connectivity index (χ4n) is 2.64. The zero-order valence-electron chi connectivity index (χ0n) is 11.8. The summed E-state index contributed by atoms with van der Waals surface area (Å²) in [6.45, 7) is 7.35. The second-order valence-electron chi connectivity index (χ2n) is 5.17. The maximum absolute atomic E-state index is 11.8. The number of aryl methyl sites for hydroxylation is 1. The predicted molar refractivity (Wildman–Crippen MR) is 73.6 cm³/mol. The van der Waals surface area contributed by atoms with Crippen molar-refractivity contribution in [2.24, 2.45) is 5.73 Å². The van der Waals surface area contributed by atoms with Gasteiger partial charge in [-0.15, -0.1) is 0 Å². The Hall–Kier alpha value is -1.33. The van der Waals surface area contributed by atoms with Crippen LogP contribution in [0.3, 0.4) is 0 Å². The summed E-state index contributed by atoms with van der Waals surface area (Å²) in [5.41, 5.74) is 6.26. The molecule has 1 aromatic rings. The molecule has 1 aromatic heterocycles. The summed E-state index contributed by atoms with van der Waals surface area (Å²) in [7, 11) is 0. The molecule has 3 atom stereocenters. The molecule has 0 radical (unpaired) electrons. The number of carbonyl (C=O) groups excluding carboxylic acids is 1. The average Bonchev–Trinajstić information content (AvgIpc) is 2.81. The molecule has 1 saturated heterocycles. The van der Waals surface area contributed by atoms with Crippen molar-refractivity contribution >= 4 is 5.91 Å². The lowest BCUT2D eigenvalue weighted by Gasteiger charge is -2.40. The Kier molecular flexibility index (Phi) is 4.27. The highest BCUT2D eigenvalue weighted by Crippen LogP contribution is 2.29. The van der Waals surface area contributed by atoms with E-state index >= 15 is 0 Å². The van der Waals surface area contributed by atoms with Crippen molar-refractivity contribution in [3.63, 3.8) is 0 Å². The van der Waals surface area contributed by atoms with Crippen LogP contribution in [-0.2, 0) is 4.79 Å². The third-order valence-electron chi connectivity index (χ3n) is 3.83. The van der Waals surface area contributed by atoms with Gasteiger partial charge in [-0.25, -0.2) is 0 Å². The van der Waals surface area contributed by atoms with Crippen molar-refractivity contribution in [3.8, 4) is 0 Å². The van der Waals surface area contributed by atoms with Gasteiger partial charge in [-0.1, -0.05) is 6.92 Å². The topological polar surface area (TPSA) is 71.5 Å². The zero-order valence-corrected chi connectivity index (χ0v) is 11.8. The highest BCUT2D eigenvalue weighted by molar-refractivity contribution is 5.82. The molecule has 5 nitrogen and oxygen atoms in total. The Balaban J connectivity index is 2.29. The van der Waals surface area contributed by atoms with E-state index in [2.05, 4.69) is 17.1 Å². The van der Waals surface area contributed by atoms with Crippen LogP contribution in [0.5, 0.6) is 0 Å². The van der Waals surface area contributed by atoms with Gasteiger partial charge in [-0.2, -0.15) is 0 Å². The number of rotatable bonds is 4. The van der Waals surface area contributed by atoms with Gasteiger partial charge < -0.3 is 15.5 Å². The molecule has 0 bridgehead atoms. The van der Waals surface area contributed by atoms with Crippen molar-refractivity contribution < 1.29 is 9.21 Å². The molecular formula is C14H23N3O2. The Morgan fingerprint density at radius 1 is 1.58 bits per heavy atom. The molecule has 5 heteroatoms. The first-order valence-corrected chi connectivity index (χ1v) is 6.90. The number of nitrogens with two attached hydrogens (primary N) is 1. The van der Waals surface area contributed by atoms with Crippen molar-refractivity contribution in [2.75, 3.05) is 13.1 Å². The van der Waals surface area contributed by atoms with Crippen molar-refractivity contribution in [1.29, 1.82) is 0 Å². The number of nitrogens with zero attached hydrogens (tertiary/aromatic N) is 1. The minimum absolute atomic E-state index is 0.0419. The second-order valence-corrected chi connectivity index (χ2v) is 5.17. The van der Waals surface area contributed by atoms with Crippen LogP contribution in [0.2, 0.25) is 0 Å². The van der Waals surface area contributed by atoms with Gasteiger partial charge in [0.15, 0.2) is 0 Å². The highest BCUT2D eigenvalue weighted by atomic mass is 16.3. The van der Waals surface area contributed by atoms with Gasteiger partial charge in [0.2, 0.25) is 5.91 Å². The molecule has 3 unspecified atom stereocenters. The molecule has 1 fully saturated rings. The summed E-state index contributed by atoms with van der Waals surface area (Å²) < 4.78 is 5.75. The predicted octanol–water partition coefficient (Wildman–Crippen LogP) is 1.19. The van der Waals surface area contributed by atoms with E-state index in [1.54, 1.807) is 0 Å². The minimum Gasteiger partial charge on any atom is -0.465 e. The van der Waals surface area contributed by atoms with Gasteiger partial charge in [-0.05, 0) is 32.4 Å². The summed E-state index contributed by atoms with van der Waals surface area (Å²) in [5.74, 6) is 1.79. The lowest BCUT2D eigenvalue weighted by atomic mass is 9.99. The smallest absolute Gasteiger partial charge is 0.237 e. The monoisotopic (exact) mass is 265 g/mol. The number of nitrogens with one attached hydrogen (secondary N) is 1. The van der Waals surface area contributed by atoms with Gasteiger partial charge >= 0.3 is 0 Å². The van der Waals surface area contributed by atoms with Crippen molar-refractivity contribution in [2.45, 2.75) is 45.3 Å². The second kappa shape index (κ2) is 5.75. The molecular weight excluding hydrogens is 242 g/mol. The lowest BCUT2D eigenvalue weighted by Crippen LogP contribution is -2.57. The van der Waals surface area contributed by atoms with Gasteiger partial charge in [0.25, 0.3) is 0 Å². The maximum atomic E-state index is 11.8. The van der Waals surface area contributed by atoms with Gasteiger partial charge in [0.1, 0.15) is 11.5 Å². The molecule has 0 aromatic carbocycles. The largest absolute Gasteiger partial charge is 0.465 e. The molecule has 0 aliphatic carbocycles. The Labute approximate surface area is 114 Å². The summed E-state index contributed by atoms with van der Waals surface area (Å²) in [6, 6.07) is 3.65. The van der Waals surface area contributed by atoms with Crippen LogP contribution in [-0.4, -0.2) is 36.0 Å². The first-order chi connectivity index (χ1) is 9.04. The first kappa shape index (κ1) is 14.1. The summed E-state index contributed by atoms with van der Waals surface area (Å²) in [4.78, 5) is 14.0. The molecule has 106 valence electrons. The number of carbonyl (C=O) groups is 1. The SMILES string of the molecule is CCC(N)C(c1ccc(C)o1)N1CCNC(=O)C1C. The standard InChI is InChI=1S/C14H23N3O2/c1-4-11(15)13(12-6-5-9(2)19-12)17-8-7-16-14(18)10(17)3/h5-6,10-11,13H,4,7-8,15H2,1-3H3,(H,16,18). The summed E-state index contributed by atoms with van der Waals surface area (Å²) in [5, 5.41) is 2.88. The van der Waals surface area contributed by atoms with Crippen LogP contribution < -0.4 is 11.1 Å². The number of piperazine rings is 1. The number of hydrogen-bond donors (Lipinski definition) is 2. The van der Waals surface area contributed by atoms with E-state index in [1.165, 1.54) is 0 Å². The van der Waals surface area contributed by atoms with Crippen LogP contribution >= 0.6 is 0 Å². The molecule has 19 heavy (non-hydrogen) atoms. The molecule has 0 saturated carbocycles. The van der Waals surface area contributed by atoms with E-state index < -0.39 is 0 Å². The Bertz CT molecular complexity index is 444. The number of furan rings is 1. The fraction of sp³-hybridized carbons (Fsp3) is 0.643. The Morgan fingerprint density at radius 3 is 2.89 bits per heavy atom. The van der Waals surface area contributed by atoms with E-state index in [1.807, 2.05) is 26.0 Å². The van der Waals surface area contributed by atoms with Crippen molar-refractivity contribution in [3.05, 3.63) is 23.7 Å². The van der Waals surface area contributed by atoms with E-state index in [0.717, 1.165) is 24.5 Å². The molecule has 2 heterocycles. The summed E-state index contributed by atoms with van der Waals surface area (Å²) in [6.07, 6.45) is 0.843. The van der Waals surface area contributed by atoms with Crippen LogP contribution in [0.15, 0.2) is 16.5 Å².